The van der Waals surface area contributed by atoms with Crippen LogP contribution in [-0.2, 0) is 19.1 Å². The van der Waals surface area contributed by atoms with Crippen molar-refractivity contribution in [3.05, 3.63) is 66.4 Å². The molecule has 1 aromatic rings. The van der Waals surface area contributed by atoms with E-state index >= 15 is 0 Å². The van der Waals surface area contributed by atoms with Crippen LogP contribution < -0.4 is 5.43 Å². The number of methoxy groups -OCH3 is 1. The highest BCUT2D eigenvalue weighted by molar-refractivity contribution is 5.92. The second-order valence-electron chi connectivity index (χ2n) is 6.38. The van der Waals surface area contributed by atoms with Crippen molar-refractivity contribution in [2.45, 2.75) is 13.0 Å². The van der Waals surface area contributed by atoms with Gasteiger partial charge in [-0.15, -0.1) is 0 Å². The normalized spacial score (nSPS) is 19.5. The number of quaternary nitrogens is 1. The fourth-order valence-corrected chi connectivity index (χ4v) is 2.76. The van der Waals surface area contributed by atoms with Gasteiger partial charge >= 0.3 is 5.91 Å². The number of nitrogens with zero attached hydrogens (tertiary/aromatic N) is 2. The molecule has 1 aliphatic heterocycles. The minimum Gasteiger partial charge on any atom is -0.368 e. The van der Waals surface area contributed by atoms with Crippen molar-refractivity contribution >= 4 is 24.2 Å². The lowest BCUT2D eigenvalue weighted by Gasteiger charge is -2.35. The second-order valence-corrected chi connectivity index (χ2v) is 6.38. The topological polar surface area (TPSA) is 75.7 Å². The van der Waals surface area contributed by atoms with Gasteiger partial charge in [0.1, 0.15) is 19.0 Å². The third kappa shape index (κ3) is 5.56. The number of carbonyl (C=O) groups is 3. The van der Waals surface area contributed by atoms with Gasteiger partial charge in [-0.1, -0.05) is 36.4 Å². The molecule has 1 aliphatic rings. The van der Waals surface area contributed by atoms with E-state index in [1.54, 1.807) is 25.3 Å². The van der Waals surface area contributed by atoms with E-state index in [1.165, 1.54) is 18.2 Å². The summed E-state index contributed by atoms with van der Waals surface area (Å²) in [7, 11) is 1.48. The quantitative estimate of drug-likeness (QED) is 0.303. The van der Waals surface area contributed by atoms with Crippen LogP contribution in [0.1, 0.15) is 12.5 Å². The van der Waals surface area contributed by atoms with E-state index < -0.39 is 6.10 Å². The number of hydrazine groups is 1. The summed E-state index contributed by atoms with van der Waals surface area (Å²) < 4.78 is 5.12. The third-order valence-electron chi connectivity index (χ3n) is 4.47. The Balaban J connectivity index is 2.11. The molecule has 0 aliphatic carbocycles. The fourth-order valence-electron chi connectivity index (χ4n) is 2.76. The molecule has 0 aromatic heterocycles. The van der Waals surface area contributed by atoms with Gasteiger partial charge in [0.2, 0.25) is 0 Å². The number of amides is 2. The number of hydrogen-bond acceptors (Lipinski definition) is 5. The maximum atomic E-state index is 12.8. The molecular formula is C21H26N3O4+. The van der Waals surface area contributed by atoms with Crippen molar-refractivity contribution in [2.75, 3.05) is 26.9 Å². The van der Waals surface area contributed by atoms with Crippen LogP contribution in [0, 0.1) is 0 Å². The molecule has 1 heterocycles. The molecule has 0 bridgehead atoms. The van der Waals surface area contributed by atoms with Gasteiger partial charge in [0.15, 0.2) is 12.8 Å². The zero-order valence-corrected chi connectivity index (χ0v) is 16.2. The van der Waals surface area contributed by atoms with Gasteiger partial charge in [0, 0.05) is 13.2 Å². The number of allylic oxidation sites excluding steroid dienone is 2. The molecule has 2 rings (SSSR count). The maximum Gasteiger partial charge on any atom is 0.348 e. The Morgan fingerprint density at radius 3 is 2.64 bits per heavy atom. The van der Waals surface area contributed by atoms with E-state index in [2.05, 4.69) is 5.43 Å². The van der Waals surface area contributed by atoms with Crippen molar-refractivity contribution < 1.29 is 23.6 Å². The van der Waals surface area contributed by atoms with E-state index in [1.807, 2.05) is 42.5 Å². The minimum atomic E-state index is -0.605. The van der Waals surface area contributed by atoms with Crippen molar-refractivity contribution in [1.29, 1.82) is 0 Å². The third-order valence-corrected chi connectivity index (χ3v) is 4.47. The average molecular weight is 384 g/mol. The summed E-state index contributed by atoms with van der Waals surface area (Å²) in [4.78, 5) is 36.4. The molecule has 0 saturated heterocycles. The molecular weight excluding hydrogens is 358 g/mol. The molecule has 0 fully saturated rings. The number of rotatable bonds is 9. The summed E-state index contributed by atoms with van der Waals surface area (Å²) >= 11 is 0. The molecule has 2 amide bonds. The molecule has 0 spiro atoms. The summed E-state index contributed by atoms with van der Waals surface area (Å²) in [6, 6.07) is 9.38. The van der Waals surface area contributed by atoms with Gasteiger partial charge in [-0.3, -0.25) is 9.80 Å². The Morgan fingerprint density at radius 1 is 1.29 bits per heavy atom. The molecule has 0 radical (unpaired) electrons. The van der Waals surface area contributed by atoms with Crippen LogP contribution in [-0.4, -0.2) is 60.6 Å². The van der Waals surface area contributed by atoms with Crippen molar-refractivity contribution in [3.63, 3.8) is 0 Å². The van der Waals surface area contributed by atoms with Crippen LogP contribution in [0.15, 0.2) is 60.8 Å². The zero-order valence-electron chi connectivity index (χ0n) is 16.2. The summed E-state index contributed by atoms with van der Waals surface area (Å²) in [5.41, 5.74) is 3.81. The largest absolute Gasteiger partial charge is 0.368 e. The Labute approximate surface area is 165 Å². The number of nitrogens with one attached hydrogen (secondary N) is 1. The van der Waals surface area contributed by atoms with Crippen LogP contribution in [0.25, 0.3) is 6.08 Å². The monoisotopic (exact) mass is 384 g/mol. The van der Waals surface area contributed by atoms with Crippen molar-refractivity contribution in [3.8, 4) is 0 Å². The molecule has 7 nitrogen and oxygen atoms in total. The van der Waals surface area contributed by atoms with E-state index in [4.69, 9.17) is 4.74 Å². The average Bonchev–Trinajstić information content (AvgIpc) is 2.75. The SMILES string of the molecule is COC(C)C(=O)[N+]1(CNN(CC=O)C(=O)/C=C/c2ccccc2)C=CC=CC1. The van der Waals surface area contributed by atoms with Crippen LogP contribution >= 0.6 is 0 Å². The lowest BCUT2D eigenvalue weighted by atomic mass is 10.2. The summed E-state index contributed by atoms with van der Waals surface area (Å²) in [5, 5.41) is 1.20. The van der Waals surface area contributed by atoms with E-state index in [9.17, 15) is 14.4 Å². The van der Waals surface area contributed by atoms with Gasteiger partial charge in [0.05, 0.1) is 6.54 Å². The van der Waals surface area contributed by atoms with Gasteiger partial charge in [0.25, 0.3) is 5.91 Å². The maximum absolute atomic E-state index is 12.8. The van der Waals surface area contributed by atoms with Crippen LogP contribution in [0.3, 0.4) is 0 Å². The van der Waals surface area contributed by atoms with Gasteiger partial charge in [-0.25, -0.2) is 9.28 Å². The number of benzene rings is 1. The molecule has 1 N–H and O–H groups in total. The number of carbonyl (C=O) groups excluding carboxylic acids is 3. The Hall–Kier alpha value is -2.87. The predicted octanol–water partition coefficient (Wildman–Crippen LogP) is 1.65. The standard InChI is InChI=1S/C21H26N3O4/c1-18(28-2)21(27)24(14-7-4-8-15-24)17-22-23(13-16-25)20(26)12-11-19-9-5-3-6-10-19/h3-12,14,16,18,22H,13,15,17H2,1-2H3/q+1/b12-11+. The first-order valence-corrected chi connectivity index (χ1v) is 9.02. The fraction of sp³-hybridized carbons (Fsp3) is 0.286. The first-order chi connectivity index (χ1) is 13.5. The first-order valence-electron chi connectivity index (χ1n) is 9.02. The lowest BCUT2D eigenvalue weighted by molar-refractivity contribution is -0.804. The molecule has 2 atom stereocenters. The molecule has 1 aromatic carbocycles. The van der Waals surface area contributed by atoms with Crippen LogP contribution in [0.5, 0.6) is 0 Å². The predicted molar refractivity (Wildman–Crippen MR) is 106 cm³/mol. The van der Waals surface area contributed by atoms with Crippen LogP contribution in [0.2, 0.25) is 0 Å². The van der Waals surface area contributed by atoms with Gasteiger partial charge < -0.3 is 9.53 Å². The molecule has 148 valence electrons. The van der Waals surface area contributed by atoms with Crippen molar-refractivity contribution in [2.24, 2.45) is 0 Å². The Kier molecular flexibility index (Phi) is 8.01. The van der Waals surface area contributed by atoms with Gasteiger partial charge in [-0.05, 0) is 30.7 Å². The smallest absolute Gasteiger partial charge is 0.348 e. The second kappa shape index (κ2) is 10.5. The Bertz CT molecular complexity index is 773. The Morgan fingerprint density at radius 2 is 2.04 bits per heavy atom. The number of ether oxygens (including phenoxy) is 1. The van der Waals surface area contributed by atoms with E-state index in [0.29, 0.717) is 12.8 Å². The van der Waals surface area contributed by atoms with Crippen LogP contribution in [0.4, 0.5) is 0 Å². The van der Waals surface area contributed by atoms with Crippen molar-refractivity contribution in [1.82, 2.24) is 10.4 Å². The summed E-state index contributed by atoms with van der Waals surface area (Å²) in [5.74, 6) is -0.521. The van der Waals surface area contributed by atoms with E-state index in [0.717, 1.165) is 5.56 Å². The number of hydrogen-bond donors (Lipinski definition) is 1. The lowest BCUT2D eigenvalue weighted by Crippen LogP contribution is -2.60. The highest BCUT2D eigenvalue weighted by atomic mass is 16.5. The molecule has 2 unspecified atom stereocenters. The first kappa shape index (κ1) is 21.4. The number of aldehydes is 1. The highest BCUT2D eigenvalue weighted by Gasteiger charge is 2.38. The summed E-state index contributed by atoms with van der Waals surface area (Å²) in [6.45, 7) is 2.10. The zero-order chi connectivity index (χ0) is 20.4. The van der Waals surface area contributed by atoms with Gasteiger partial charge in [-0.2, -0.15) is 5.43 Å². The molecule has 0 saturated carbocycles. The summed E-state index contributed by atoms with van der Waals surface area (Å²) in [6.07, 6.45) is 10.4. The molecule has 7 heteroatoms. The van der Waals surface area contributed by atoms with E-state index in [-0.39, 0.29) is 29.5 Å². The minimum absolute atomic E-state index is 0.0590. The molecule has 28 heavy (non-hydrogen) atoms. The highest BCUT2D eigenvalue weighted by Crippen LogP contribution is 2.16.